The Labute approximate surface area is 764 Å². The summed E-state index contributed by atoms with van der Waals surface area (Å²) in [6.07, 6.45) is -4.44. The van der Waals surface area contributed by atoms with Crippen LogP contribution < -0.4 is 114 Å². The molecule has 1 aromatic heterocycles. The summed E-state index contributed by atoms with van der Waals surface area (Å²) < 4.78 is 2.56. The number of aromatic amines is 1. The molecule has 5 aromatic rings. The van der Waals surface area contributed by atoms with Crippen LogP contribution in [-0.2, 0) is 106 Å². The number of carbonyl (C=O) groups excluding carboxylic acids is 18. The highest BCUT2D eigenvalue weighted by atomic mass is 32.1. The first-order chi connectivity index (χ1) is 60.9. The van der Waals surface area contributed by atoms with Crippen LogP contribution in [0.25, 0.3) is 21.7 Å². The third-order valence-corrected chi connectivity index (χ3v) is 21.9. The molecule has 28 N–H and O–H groups in total. The van der Waals surface area contributed by atoms with Crippen molar-refractivity contribution in [2.75, 3.05) is 20.2 Å². The van der Waals surface area contributed by atoms with Gasteiger partial charge in [0.05, 0.1) is 32.2 Å². The van der Waals surface area contributed by atoms with Crippen molar-refractivity contribution in [3.63, 3.8) is 0 Å². The number of unbranched alkanes of at least 4 members (excludes halogenated alkanes) is 2. The molecule has 0 fully saturated rings. The number of nitrogens with two attached hydrogens (primary N) is 6. The van der Waals surface area contributed by atoms with Gasteiger partial charge in [0.1, 0.15) is 77.7 Å². The smallest absolute Gasteiger partial charge is 0.246 e. The average Bonchev–Trinajstić information content (AvgIpc) is 1.07. The third kappa shape index (κ3) is 35.2. The van der Waals surface area contributed by atoms with Crippen LogP contribution in [0.1, 0.15) is 163 Å². The summed E-state index contributed by atoms with van der Waals surface area (Å²) in [5.41, 5.74) is 33.7. The maximum Gasteiger partial charge on any atom is 0.246 e. The first-order valence-electron chi connectivity index (χ1n) is 42.5. The van der Waals surface area contributed by atoms with Crippen LogP contribution >= 0.6 is 25.3 Å². The Kier molecular flexibility index (Phi) is 42.4. The molecule has 14 atom stereocenters. The Hall–Kier alpha value is -12.5. The fourth-order valence-electron chi connectivity index (χ4n) is 13.8. The van der Waals surface area contributed by atoms with Crippen molar-refractivity contribution >= 4 is 153 Å². The molecule has 43 heteroatoms. The lowest BCUT2D eigenvalue weighted by molar-refractivity contribution is -0.139. The average molecular weight is 1850 g/mol. The number of thiol groups is 2. The molecule has 0 bridgehead atoms. The molecule has 0 aliphatic carbocycles. The summed E-state index contributed by atoms with van der Waals surface area (Å²) in [6, 6.07) is 6.82. The van der Waals surface area contributed by atoms with Crippen molar-refractivity contribution in [1.82, 2.24) is 79.4 Å². The quantitative estimate of drug-likeness (QED) is 0.0106. The molecule has 130 heavy (non-hydrogen) atoms. The molecule has 18 amide bonds. The molecule has 0 aliphatic heterocycles. The van der Waals surface area contributed by atoms with Crippen molar-refractivity contribution in [2.24, 2.45) is 40.3 Å². The number of methoxy groups -OCH3 is 1. The topological polar surface area (TPSA) is 677 Å². The minimum atomic E-state index is -2.04. The number of hydrogen-bond donors (Lipinski definition) is 24. The summed E-state index contributed by atoms with van der Waals surface area (Å²) in [7, 11) is 1.42. The molecular weight excluding hydrogens is 1720 g/mol. The van der Waals surface area contributed by atoms with Crippen LogP contribution in [0, 0.1) is 5.92 Å². The summed E-state index contributed by atoms with van der Waals surface area (Å²) in [5.74, 6) is -18.3. The van der Waals surface area contributed by atoms with Crippen LogP contribution in [0.4, 0.5) is 0 Å². The lowest BCUT2D eigenvalue weighted by Crippen LogP contribution is -2.66. The van der Waals surface area contributed by atoms with Gasteiger partial charge < -0.3 is 124 Å². The van der Waals surface area contributed by atoms with Gasteiger partial charge in [0.15, 0.2) is 0 Å². The Bertz CT molecular complexity index is 4850. The van der Waals surface area contributed by atoms with Gasteiger partial charge in [0.2, 0.25) is 106 Å². The fraction of sp³-hybridized carbons (Fsp3) is 0.517. The molecule has 0 spiro atoms. The molecule has 0 saturated carbocycles. The number of carbonyl (C=O) groups is 18. The highest BCUT2D eigenvalue weighted by Gasteiger charge is 2.45. The second-order valence-electron chi connectivity index (χ2n) is 33.6. The summed E-state index contributed by atoms with van der Waals surface area (Å²) in [4.78, 5) is 254. The second kappa shape index (κ2) is 51.1. The van der Waals surface area contributed by atoms with E-state index in [9.17, 15) is 62.6 Å². The van der Waals surface area contributed by atoms with Crippen molar-refractivity contribution in [3.05, 3.63) is 114 Å². The minimum Gasteiger partial charge on any atom is -0.497 e. The lowest BCUT2D eigenvalue weighted by Gasteiger charge is -2.36. The van der Waals surface area contributed by atoms with Crippen molar-refractivity contribution in [3.8, 4) is 5.75 Å². The van der Waals surface area contributed by atoms with Crippen LogP contribution in [0.2, 0.25) is 0 Å². The van der Waals surface area contributed by atoms with Gasteiger partial charge in [-0.25, -0.2) is 0 Å². The van der Waals surface area contributed by atoms with Crippen molar-refractivity contribution in [1.29, 1.82) is 0 Å². The minimum absolute atomic E-state index is 0.113. The summed E-state index contributed by atoms with van der Waals surface area (Å²) >= 11 is 9.20. The maximum atomic E-state index is 15.6. The largest absolute Gasteiger partial charge is 0.497 e. The van der Waals surface area contributed by atoms with Crippen molar-refractivity contribution in [2.45, 2.75) is 259 Å². The van der Waals surface area contributed by atoms with Crippen LogP contribution in [-0.4, -0.2) is 230 Å². The number of rotatable bonds is 55. The Morgan fingerprint density at radius 1 is 0.446 bits per heavy atom. The van der Waals surface area contributed by atoms with E-state index in [1.807, 2.05) is 18.2 Å². The Balaban J connectivity index is 1.55. The molecular formula is C87H127N21O20S2. The third-order valence-electron chi connectivity index (χ3n) is 21.4. The number of fused-ring (bicyclic) bond motifs is 2. The summed E-state index contributed by atoms with van der Waals surface area (Å²) in [6.45, 7) is 14.3. The molecule has 4 aromatic carbocycles. The molecule has 0 unspecified atom stereocenters. The van der Waals surface area contributed by atoms with Gasteiger partial charge in [0, 0.05) is 79.1 Å². The van der Waals surface area contributed by atoms with Gasteiger partial charge in [-0.3, -0.25) is 86.3 Å². The molecule has 0 saturated heterocycles. The zero-order valence-corrected chi connectivity index (χ0v) is 76.7. The molecule has 5 rings (SSSR count). The Morgan fingerprint density at radius 2 is 0.892 bits per heavy atom. The highest BCUT2D eigenvalue weighted by molar-refractivity contribution is 7.82. The van der Waals surface area contributed by atoms with E-state index in [-0.39, 0.29) is 57.4 Å². The van der Waals surface area contributed by atoms with Gasteiger partial charge in [0.25, 0.3) is 0 Å². The van der Waals surface area contributed by atoms with Crippen LogP contribution in [0.15, 0.2) is 97.2 Å². The van der Waals surface area contributed by atoms with Crippen LogP contribution in [0.3, 0.4) is 0 Å². The van der Waals surface area contributed by atoms with Crippen LogP contribution in [0.5, 0.6) is 5.75 Å². The highest BCUT2D eigenvalue weighted by Crippen LogP contribution is 2.26. The monoisotopic (exact) mass is 1850 g/mol. The normalized spacial score (nSPS) is 14.9. The zero-order valence-electron chi connectivity index (χ0n) is 74.9. The van der Waals surface area contributed by atoms with Gasteiger partial charge in [-0.2, -0.15) is 25.3 Å². The molecule has 712 valence electrons. The zero-order chi connectivity index (χ0) is 97.2. The van der Waals surface area contributed by atoms with Gasteiger partial charge in [-0.05, 0) is 151 Å². The predicted molar refractivity (Wildman–Crippen MR) is 488 cm³/mol. The number of H-pyrrole nitrogens is 1. The number of benzene rings is 4. The number of aliphatic hydroxyl groups excluding tert-OH is 1. The molecule has 1 heterocycles. The number of primary amides is 4. The standard InChI is InChI=1S/C87H127N21O20S2/c1-45(2)87(10,84(127)104-57(24-17-19-37-94-47(4)110)73(116)100-63(42-68(92)114)78(121)101-64(43-69(93)115)79(122)105-65(89)25-16-18-36-88)108-80(123)61(40-50-26-29-51-20-12-13-21-52(51)38-50)99-76(119)60(39-49-27-30-54(128-11)31-28-49)103-83(126)72(86(8,9)130)107-75(118)59(33-35-67(91)113)97-77(120)62(41-53-44-95-56-23-15-14-22-55(53)56)102-81(124)70(46(3)109)106-74(117)58(32-34-66(90)112)98-82(125)71(85(6,7)129)96-48(5)111/h12-15,20-23,26-31,38,44-46,57-65,70-72,95,109,129-130H,16-19,24-25,32-37,39-43,88-89H2,1-11H3,(H2,90,112)(H2,91,113)(H2,92,114)(H2,93,115)(H,94,110)(H,96,111)(H,97,120)(H,98,125)(H,99,119)(H,100,116)(H,101,121)(H,102,124)(H,103,126)(H,104,127)(H,105,122)(H,106,117)(H,107,118)(H,108,123)/t46-,57+,58+,59+,60+,61+,62+,63+,64+,65-,70+,71-,72-,87+/m1/s1. The van der Waals surface area contributed by atoms with E-state index in [1.165, 1.54) is 54.8 Å². The van der Waals surface area contributed by atoms with Gasteiger partial charge in [-0.15, -0.1) is 0 Å². The van der Waals surface area contributed by atoms with E-state index in [4.69, 9.17) is 51.8 Å². The first kappa shape index (κ1) is 108. The molecule has 41 nitrogen and oxygen atoms in total. The second-order valence-corrected chi connectivity index (χ2v) is 35.9. The van der Waals surface area contributed by atoms with E-state index in [0.29, 0.717) is 52.7 Å². The SMILES string of the molecule is COc1ccc(C[C@H](NC(=O)[C@@H](NC(=O)[C@H](CCC(N)=O)NC(=O)[C@H](Cc2c[nH]c3ccccc23)NC(=O)[C@@H](NC(=O)[C@H](CCC(N)=O)NC(=O)[C@@H](NC(C)=O)C(C)(C)S)[C@@H](C)O)C(C)(C)S)C(=O)N[C@@H](Cc2ccc3ccccc3c2)C(=O)N[C@](C)(C(=O)N[C@@H](CCCCNC(C)=O)C(=O)N[C@@H](CC(N)=O)C(=O)N[C@@H](CC(N)=O)C(=O)N[C@@H](N)CCCCN)C(C)C)cc1. The number of para-hydroxylation sites is 1. The first-order valence-corrected chi connectivity index (χ1v) is 43.4. The number of nitrogens with one attached hydrogen (secondary N) is 15. The number of amides is 18. The summed E-state index contributed by atoms with van der Waals surface area (Å²) in [5, 5.41) is 49.2. The maximum absolute atomic E-state index is 15.6. The van der Waals surface area contributed by atoms with E-state index >= 15 is 28.8 Å². The number of ether oxygens (including phenoxy) is 1. The Morgan fingerprint density at radius 3 is 1.42 bits per heavy atom. The van der Waals surface area contributed by atoms with E-state index in [2.05, 4.69) is 92.0 Å². The number of aromatic nitrogens is 1. The molecule has 0 aliphatic rings. The van der Waals surface area contributed by atoms with Gasteiger partial charge >= 0.3 is 0 Å². The molecule has 0 radical (unpaired) electrons. The number of aliphatic hydroxyl groups is 1. The van der Waals surface area contributed by atoms with Gasteiger partial charge in [-0.1, -0.05) is 86.6 Å². The number of hydrogen-bond acceptors (Lipinski definition) is 24. The fourth-order valence-corrected chi connectivity index (χ4v) is 14.1. The van der Waals surface area contributed by atoms with E-state index < -0.39 is 239 Å². The lowest BCUT2D eigenvalue weighted by atomic mass is 9.86. The predicted octanol–water partition coefficient (Wildman–Crippen LogP) is -2.84. The van der Waals surface area contributed by atoms with Crippen molar-refractivity contribution < 1.29 is 96.1 Å². The van der Waals surface area contributed by atoms with E-state index in [0.717, 1.165) is 24.6 Å². The van der Waals surface area contributed by atoms with E-state index in [1.54, 1.807) is 86.6 Å².